The zero-order chi connectivity index (χ0) is 19.6. The van der Waals surface area contributed by atoms with E-state index >= 15 is 0 Å². The minimum Gasteiger partial charge on any atom is -0.433 e. The number of nitro groups is 1. The van der Waals surface area contributed by atoms with Crippen molar-refractivity contribution in [3.05, 3.63) is 52.7 Å². The highest BCUT2D eigenvalue weighted by Crippen LogP contribution is 2.29. The number of hydrogen-bond donors (Lipinski definition) is 1. The van der Waals surface area contributed by atoms with Crippen LogP contribution in [0, 0.1) is 10.1 Å². The molecule has 0 aliphatic carbocycles. The lowest BCUT2D eigenvalue weighted by Gasteiger charge is -2.07. The van der Waals surface area contributed by atoms with E-state index in [4.69, 9.17) is 9.47 Å². The Morgan fingerprint density at radius 1 is 1.22 bits per heavy atom. The second-order valence-corrected chi connectivity index (χ2v) is 7.36. The van der Waals surface area contributed by atoms with Crippen LogP contribution in [0.25, 0.3) is 0 Å². The monoisotopic (exact) mass is 409 g/mol. The zero-order valence-corrected chi connectivity index (χ0v) is 15.7. The number of amides is 1. The van der Waals surface area contributed by atoms with Crippen molar-refractivity contribution in [2.75, 3.05) is 17.7 Å². The van der Waals surface area contributed by atoms with Crippen LogP contribution in [0.15, 0.2) is 47.6 Å². The first kappa shape index (κ1) is 20.5. The Morgan fingerprint density at radius 2 is 1.96 bits per heavy atom. The predicted octanol–water partition coefficient (Wildman–Crippen LogP) is 3.90. The molecule has 11 heteroatoms. The third-order valence-electron chi connectivity index (χ3n) is 2.84. The van der Waals surface area contributed by atoms with Gasteiger partial charge in [-0.05, 0) is 41.1 Å². The van der Waals surface area contributed by atoms with Gasteiger partial charge < -0.3 is 14.8 Å². The molecular formula is C16H15N3O6S2. The molecule has 0 fully saturated rings. The van der Waals surface area contributed by atoms with Gasteiger partial charge in [0.1, 0.15) is 23.6 Å². The highest BCUT2D eigenvalue weighted by molar-refractivity contribution is 8.76. The van der Waals surface area contributed by atoms with Crippen molar-refractivity contribution in [2.45, 2.75) is 11.9 Å². The van der Waals surface area contributed by atoms with Crippen molar-refractivity contribution in [1.82, 2.24) is 4.98 Å². The summed E-state index contributed by atoms with van der Waals surface area (Å²) in [7, 11) is 2.71. The number of pyridine rings is 1. The molecule has 0 saturated heterocycles. The lowest BCUT2D eigenvalue weighted by Crippen LogP contribution is -2.12. The van der Waals surface area contributed by atoms with Gasteiger partial charge in [-0.25, -0.2) is 9.78 Å². The smallest absolute Gasteiger partial charge is 0.433 e. The van der Waals surface area contributed by atoms with Gasteiger partial charge in [-0.15, -0.1) is 0 Å². The number of carbonyl (C=O) groups is 2. The fourth-order valence-corrected chi connectivity index (χ4v) is 3.41. The van der Waals surface area contributed by atoms with Crippen molar-refractivity contribution in [1.29, 1.82) is 0 Å². The van der Waals surface area contributed by atoms with Crippen LogP contribution in [0.5, 0.6) is 5.75 Å². The molecule has 0 aliphatic rings. The molecule has 1 amide bonds. The second-order valence-electron chi connectivity index (χ2n) is 4.92. The number of nitrogens with one attached hydrogen (secondary N) is 1. The van der Waals surface area contributed by atoms with E-state index in [9.17, 15) is 19.7 Å². The van der Waals surface area contributed by atoms with Crippen LogP contribution in [-0.2, 0) is 9.53 Å². The molecule has 27 heavy (non-hydrogen) atoms. The van der Waals surface area contributed by atoms with Crippen LogP contribution in [0.1, 0.15) is 6.92 Å². The largest absolute Gasteiger partial charge is 0.513 e. The van der Waals surface area contributed by atoms with E-state index in [0.717, 1.165) is 0 Å². The zero-order valence-electron chi connectivity index (χ0n) is 14.1. The Bertz CT molecular complexity index is 799. The van der Waals surface area contributed by atoms with Gasteiger partial charge in [0.25, 0.3) is 5.69 Å². The molecule has 2 aromatic rings. The van der Waals surface area contributed by atoms with Gasteiger partial charge >= 0.3 is 6.16 Å². The number of aromatic nitrogens is 1. The van der Waals surface area contributed by atoms with Crippen molar-refractivity contribution in [2.24, 2.45) is 0 Å². The van der Waals surface area contributed by atoms with E-state index in [1.165, 1.54) is 52.9 Å². The van der Waals surface area contributed by atoms with Crippen molar-refractivity contribution in [3.63, 3.8) is 0 Å². The Hall–Kier alpha value is -2.79. The number of ether oxygens (including phenoxy) is 2. The van der Waals surface area contributed by atoms with Crippen LogP contribution in [0.2, 0.25) is 0 Å². The van der Waals surface area contributed by atoms with Gasteiger partial charge in [-0.2, -0.15) is 0 Å². The maximum absolute atomic E-state index is 11.6. The summed E-state index contributed by atoms with van der Waals surface area (Å²) >= 11 is 0. The molecule has 0 aliphatic heterocycles. The lowest BCUT2D eigenvalue weighted by molar-refractivity contribution is -0.385. The summed E-state index contributed by atoms with van der Waals surface area (Å²) in [5.74, 6) is 0.591. The number of rotatable bonds is 8. The van der Waals surface area contributed by atoms with Crippen LogP contribution in [0.4, 0.5) is 16.2 Å². The van der Waals surface area contributed by atoms with E-state index in [1.54, 1.807) is 18.2 Å². The summed E-state index contributed by atoms with van der Waals surface area (Å²) in [6.07, 6.45) is 0.356. The Kier molecular flexibility index (Phi) is 7.89. The topological polar surface area (TPSA) is 121 Å². The van der Waals surface area contributed by atoms with E-state index in [2.05, 4.69) is 10.3 Å². The van der Waals surface area contributed by atoms with E-state index in [-0.39, 0.29) is 18.2 Å². The van der Waals surface area contributed by atoms with Gasteiger partial charge in [0, 0.05) is 24.4 Å². The quantitative estimate of drug-likeness (QED) is 0.173. The fourth-order valence-electron chi connectivity index (χ4n) is 1.73. The Labute approximate surface area is 162 Å². The summed E-state index contributed by atoms with van der Waals surface area (Å²) in [5, 5.41) is 13.8. The van der Waals surface area contributed by atoms with E-state index in [1.807, 2.05) is 0 Å². The second kappa shape index (κ2) is 10.4. The van der Waals surface area contributed by atoms with Crippen LogP contribution >= 0.6 is 21.6 Å². The minimum absolute atomic E-state index is 0.0689. The van der Waals surface area contributed by atoms with Gasteiger partial charge in [0.15, 0.2) is 0 Å². The maximum atomic E-state index is 11.6. The molecule has 1 aromatic carbocycles. The summed E-state index contributed by atoms with van der Waals surface area (Å²) < 4.78 is 9.96. The fraction of sp³-hybridized carbons (Fsp3) is 0.188. The SMILES string of the molecule is CC(=O)Nc1ccc(OC(=O)OCCSSc2ccc([N+](=O)[O-])cn2)cc1. The highest BCUT2D eigenvalue weighted by Gasteiger charge is 2.08. The first-order valence-corrected chi connectivity index (χ1v) is 9.88. The van der Waals surface area contributed by atoms with Gasteiger partial charge in [-0.3, -0.25) is 14.9 Å². The minimum atomic E-state index is -0.832. The molecule has 1 aromatic heterocycles. The maximum Gasteiger partial charge on any atom is 0.513 e. The first-order valence-electron chi connectivity index (χ1n) is 7.56. The number of benzene rings is 1. The Balaban J connectivity index is 1.64. The number of nitrogens with zero attached hydrogens (tertiary/aromatic N) is 2. The Morgan fingerprint density at radius 3 is 2.56 bits per heavy atom. The van der Waals surface area contributed by atoms with E-state index < -0.39 is 11.1 Å². The summed E-state index contributed by atoms with van der Waals surface area (Å²) in [5.41, 5.74) is 0.525. The van der Waals surface area contributed by atoms with Crippen molar-refractivity contribution >= 4 is 45.0 Å². The lowest BCUT2D eigenvalue weighted by atomic mass is 10.3. The van der Waals surface area contributed by atoms with Crippen LogP contribution in [0.3, 0.4) is 0 Å². The summed E-state index contributed by atoms with van der Waals surface area (Å²) in [4.78, 5) is 36.5. The average molecular weight is 409 g/mol. The third-order valence-corrected chi connectivity index (χ3v) is 5.07. The molecule has 0 atom stereocenters. The van der Waals surface area contributed by atoms with Gasteiger partial charge in [-0.1, -0.05) is 10.8 Å². The third kappa shape index (κ3) is 7.54. The molecule has 9 nitrogen and oxygen atoms in total. The summed E-state index contributed by atoms with van der Waals surface area (Å²) in [6, 6.07) is 9.21. The molecule has 0 bridgehead atoms. The number of hydrogen-bond acceptors (Lipinski definition) is 9. The molecule has 0 saturated carbocycles. The number of anilines is 1. The summed E-state index contributed by atoms with van der Waals surface area (Å²) in [6.45, 7) is 1.53. The molecule has 1 N–H and O–H groups in total. The average Bonchev–Trinajstić information content (AvgIpc) is 2.63. The standard InChI is InChI=1S/C16H15N3O6S2/c1-11(20)18-12-2-5-14(6-3-12)25-16(21)24-8-9-26-27-15-7-4-13(10-17-15)19(22)23/h2-7,10H,8-9H2,1H3,(H,18,20). The molecule has 0 spiro atoms. The van der Waals surface area contributed by atoms with Gasteiger partial charge in [0.05, 0.1) is 4.92 Å². The molecular weight excluding hydrogens is 394 g/mol. The molecule has 0 unspecified atom stereocenters. The predicted molar refractivity (Wildman–Crippen MR) is 102 cm³/mol. The van der Waals surface area contributed by atoms with Crippen LogP contribution in [-0.4, -0.2) is 34.3 Å². The number of carbonyl (C=O) groups excluding carboxylic acids is 2. The van der Waals surface area contributed by atoms with Crippen LogP contribution < -0.4 is 10.1 Å². The first-order chi connectivity index (χ1) is 12.9. The van der Waals surface area contributed by atoms with Crippen molar-refractivity contribution in [3.8, 4) is 5.75 Å². The van der Waals surface area contributed by atoms with Crippen molar-refractivity contribution < 1.29 is 24.0 Å². The van der Waals surface area contributed by atoms with Gasteiger partial charge in [0.2, 0.25) is 5.91 Å². The van der Waals surface area contributed by atoms with E-state index in [0.29, 0.717) is 22.2 Å². The normalized spacial score (nSPS) is 10.1. The highest BCUT2D eigenvalue weighted by atomic mass is 33.1. The molecule has 2 rings (SSSR count). The molecule has 1 heterocycles. The molecule has 0 radical (unpaired) electrons. The molecule has 142 valence electrons.